The van der Waals surface area contributed by atoms with Gasteiger partial charge in [0.2, 0.25) is 23.6 Å². The zero-order valence-electron chi connectivity index (χ0n) is 29.6. The van der Waals surface area contributed by atoms with Crippen LogP contribution in [0.3, 0.4) is 0 Å². The van der Waals surface area contributed by atoms with Gasteiger partial charge in [-0.1, -0.05) is 67.6 Å². The Morgan fingerprint density at radius 3 is 1.62 bits per heavy atom. The number of nitrogens with one attached hydrogen (secondary N) is 1. The molecule has 9 heteroatoms. The van der Waals surface area contributed by atoms with Crippen molar-refractivity contribution in [1.29, 1.82) is 0 Å². The van der Waals surface area contributed by atoms with Gasteiger partial charge in [-0.2, -0.15) is 0 Å². The molecule has 5 aliphatic rings. The van der Waals surface area contributed by atoms with Crippen LogP contribution in [0.25, 0.3) is 0 Å². The summed E-state index contributed by atoms with van der Waals surface area (Å²) >= 11 is 0. The van der Waals surface area contributed by atoms with Crippen LogP contribution in [0.2, 0.25) is 0 Å². The van der Waals surface area contributed by atoms with Gasteiger partial charge in [0.25, 0.3) is 5.91 Å². The fourth-order valence-corrected chi connectivity index (χ4v) is 9.34. The molecule has 3 aliphatic carbocycles. The van der Waals surface area contributed by atoms with E-state index in [4.69, 9.17) is 4.99 Å². The van der Waals surface area contributed by atoms with Gasteiger partial charge in [-0.3, -0.25) is 29.0 Å². The highest BCUT2D eigenvalue weighted by Gasteiger charge is 2.80. The zero-order chi connectivity index (χ0) is 36.7. The maximum absolute atomic E-state index is 15.0. The molecular weight excluding hydrogens is 652 g/mol. The number of imide groups is 2. The van der Waals surface area contributed by atoms with Gasteiger partial charge in [0.05, 0.1) is 46.3 Å². The summed E-state index contributed by atoms with van der Waals surface area (Å²) in [6.07, 6.45) is 1.78. The van der Waals surface area contributed by atoms with Crippen LogP contribution < -0.4 is 15.1 Å². The van der Waals surface area contributed by atoms with Gasteiger partial charge in [0.1, 0.15) is 0 Å². The number of amides is 5. The first-order valence-corrected chi connectivity index (χ1v) is 17.5. The smallest absolute Gasteiger partial charge is 0.252 e. The lowest BCUT2D eigenvalue weighted by molar-refractivity contribution is -0.150. The molecule has 260 valence electrons. The van der Waals surface area contributed by atoms with Crippen LogP contribution >= 0.6 is 0 Å². The summed E-state index contributed by atoms with van der Waals surface area (Å²) in [6.45, 7) is 9.35. The third-order valence-electron chi connectivity index (χ3n) is 11.5. The SMILES string of the molecule is CC(=Nc1cccc(C)c1)C1=CC2(NC(=O)c3ccccc3)[C@@H]3C(=O)N(c4cccc(C)c4)C(=O)[C@@H]3C1(C)[C@@H]1C(=O)N(c3cccc(C)c3)C(=O)[C@@H]12. The van der Waals surface area contributed by atoms with Crippen LogP contribution in [0, 0.1) is 49.9 Å². The number of rotatable bonds is 6. The number of carbonyl (C=O) groups is 5. The van der Waals surface area contributed by atoms with Crippen molar-refractivity contribution in [1.82, 2.24) is 5.32 Å². The van der Waals surface area contributed by atoms with Crippen LogP contribution in [0.1, 0.15) is 40.9 Å². The van der Waals surface area contributed by atoms with Crippen LogP contribution in [0.15, 0.2) is 120 Å². The van der Waals surface area contributed by atoms with E-state index in [-0.39, 0.29) is 0 Å². The Morgan fingerprint density at radius 1 is 0.635 bits per heavy atom. The van der Waals surface area contributed by atoms with Crippen molar-refractivity contribution >= 4 is 52.3 Å². The zero-order valence-corrected chi connectivity index (χ0v) is 29.6. The molecule has 4 aromatic rings. The summed E-state index contributed by atoms with van der Waals surface area (Å²) in [6, 6.07) is 30.4. The fourth-order valence-electron chi connectivity index (χ4n) is 9.34. The van der Waals surface area contributed by atoms with E-state index in [0.717, 1.165) is 16.7 Å². The van der Waals surface area contributed by atoms with Crippen molar-refractivity contribution < 1.29 is 24.0 Å². The number of aryl methyl sites for hydroxylation is 3. The molecule has 0 spiro atoms. The molecule has 0 radical (unpaired) electrons. The number of nitrogens with zero attached hydrogens (tertiary/aromatic N) is 3. The number of benzene rings is 4. The molecule has 2 heterocycles. The first-order chi connectivity index (χ1) is 24.9. The van der Waals surface area contributed by atoms with Gasteiger partial charge in [-0.25, -0.2) is 9.80 Å². The Labute approximate surface area is 302 Å². The monoisotopic (exact) mass is 690 g/mol. The second-order valence-corrected chi connectivity index (χ2v) is 14.7. The van der Waals surface area contributed by atoms with Crippen molar-refractivity contribution in [2.45, 2.75) is 40.2 Å². The molecule has 52 heavy (non-hydrogen) atoms. The maximum atomic E-state index is 15.0. The molecule has 4 aromatic carbocycles. The van der Waals surface area contributed by atoms with Crippen molar-refractivity contribution in [3.8, 4) is 0 Å². The minimum absolute atomic E-state index is 0.309. The normalized spacial score (nSPS) is 27.9. The molecule has 1 saturated carbocycles. The summed E-state index contributed by atoms with van der Waals surface area (Å²) < 4.78 is 0. The lowest BCUT2D eigenvalue weighted by Gasteiger charge is -2.60. The van der Waals surface area contributed by atoms with Gasteiger partial charge < -0.3 is 5.32 Å². The second-order valence-electron chi connectivity index (χ2n) is 14.7. The van der Waals surface area contributed by atoms with E-state index >= 15 is 9.59 Å². The largest absolute Gasteiger partial charge is 0.341 e. The van der Waals surface area contributed by atoms with E-state index in [9.17, 15) is 14.4 Å². The minimum Gasteiger partial charge on any atom is -0.341 e. The quantitative estimate of drug-likeness (QED) is 0.185. The van der Waals surface area contributed by atoms with Crippen LogP contribution in [-0.2, 0) is 19.2 Å². The number of carbonyl (C=O) groups excluding carboxylic acids is 5. The fraction of sp³-hybridized carbons (Fsp3) is 0.256. The summed E-state index contributed by atoms with van der Waals surface area (Å²) in [5.74, 6) is -7.15. The Balaban J connectivity index is 1.40. The molecule has 1 N–H and O–H groups in total. The summed E-state index contributed by atoms with van der Waals surface area (Å²) in [7, 11) is 0. The molecule has 2 bridgehead atoms. The van der Waals surface area contributed by atoms with Gasteiger partial charge in [0, 0.05) is 16.7 Å². The second kappa shape index (κ2) is 11.8. The van der Waals surface area contributed by atoms with E-state index in [1.807, 2.05) is 71.0 Å². The first kappa shape index (κ1) is 33.2. The van der Waals surface area contributed by atoms with E-state index in [0.29, 0.717) is 33.9 Å². The number of anilines is 2. The van der Waals surface area contributed by atoms with E-state index in [1.54, 1.807) is 72.8 Å². The van der Waals surface area contributed by atoms with Gasteiger partial charge >= 0.3 is 0 Å². The maximum Gasteiger partial charge on any atom is 0.252 e. The van der Waals surface area contributed by atoms with Gasteiger partial charge in [-0.15, -0.1) is 0 Å². The number of allylic oxidation sites excluding steroid dienone is 1. The number of aliphatic imine (C=N–C) groups is 1. The predicted octanol–water partition coefficient (Wildman–Crippen LogP) is 6.44. The van der Waals surface area contributed by atoms with Crippen LogP contribution in [0.5, 0.6) is 0 Å². The van der Waals surface area contributed by atoms with Crippen LogP contribution in [-0.4, -0.2) is 40.8 Å². The van der Waals surface area contributed by atoms with E-state index in [1.165, 1.54) is 9.80 Å². The van der Waals surface area contributed by atoms with Gasteiger partial charge in [0.15, 0.2) is 0 Å². The molecule has 9 nitrogen and oxygen atoms in total. The summed E-state index contributed by atoms with van der Waals surface area (Å²) in [5, 5.41) is 3.15. The Bertz CT molecular complexity index is 2200. The lowest BCUT2D eigenvalue weighted by atomic mass is 9.41. The third-order valence-corrected chi connectivity index (χ3v) is 11.5. The highest BCUT2D eigenvalue weighted by Crippen LogP contribution is 2.68. The molecule has 2 saturated heterocycles. The summed E-state index contributed by atoms with van der Waals surface area (Å²) in [5.41, 5.74) is 2.42. The highest BCUT2D eigenvalue weighted by atomic mass is 16.2. The molecule has 6 atom stereocenters. The molecular formula is C43H38N4O5. The molecule has 3 fully saturated rings. The molecule has 2 unspecified atom stereocenters. The van der Waals surface area contributed by atoms with Crippen molar-refractivity contribution in [3.63, 3.8) is 0 Å². The van der Waals surface area contributed by atoms with E-state index < -0.39 is 64.2 Å². The average molecular weight is 691 g/mol. The van der Waals surface area contributed by atoms with Crippen molar-refractivity contribution in [2.75, 3.05) is 9.80 Å². The molecule has 5 amide bonds. The Morgan fingerprint density at radius 2 is 1.12 bits per heavy atom. The van der Waals surface area contributed by atoms with Crippen molar-refractivity contribution in [3.05, 3.63) is 137 Å². The predicted molar refractivity (Wildman–Crippen MR) is 198 cm³/mol. The topological polar surface area (TPSA) is 116 Å². The minimum atomic E-state index is -1.77. The van der Waals surface area contributed by atoms with E-state index in [2.05, 4.69) is 5.32 Å². The van der Waals surface area contributed by atoms with Gasteiger partial charge in [-0.05, 0) is 98.5 Å². The standard InChI is InChI=1S/C43H38N4O5/c1-24-12-9-17-29(20-24)44-27(4)32-23-43(45-37(48)28-15-7-6-8-16-28)35-33(38(49)46(40(35)51)30-18-10-13-25(2)21-30)42(32,5)34-36(43)41(52)47(39(34)50)31-19-11-14-26(3)22-31/h6-23,33-36H,1-5H3,(H,45,48)/t33-,34+,35+,36-,42?,43?. The van der Waals surface area contributed by atoms with Crippen molar-refractivity contribution in [2.24, 2.45) is 34.1 Å². The highest BCUT2D eigenvalue weighted by molar-refractivity contribution is 6.29. The number of hydrogen-bond acceptors (Lipinski definition) is 6. The lowest BCUT2D eigenvalue weighted by Crippen LogP contribution is -2.73. The molecule has 2 aliphatic heterocycles. The summed E-state index contributed by atoms with van der Waals surface area (Å²) in [4.78, 5) is 81.7. The van der Waals surface area contributed by atoms with Crippen LogP contribution in [0.4, 0.5) is 17.1 Å². The Hall–Kier alpha value is -5.96. The first-order valence-electron chi connectivity index (χ1n) is 17.5. The molecule has 9 rings (SSSR count). The third kappa shape index (κ3) is 4.68. The Kier molecular flexibility index (Phi) is 7.53. The average Bonchev–Trinajstić information content (AvgIpc) is 3.56. The molecule has 0 aromatic heterocycles. The number of hydrogen-bond donors (Lipinski definition) is 1.